The molecular formula is C26H32O2. The van der Waals surface area contributed by atoms with Crippen LogP contribution in [0.3, 0.4) is 0 Å². The first-order valence-electron chi connectivity index (χ1n) is 9.91. The Morgan fingerprint density at radius 2 is 1.50 bits per heavy atom. The van der Waals surface area contributed by atoms with Crippen LogP contribution in [0.2, 0.25) is 0 Å². The van der Waals surface area contributed by atoms with Crippen molar-refractivity contribution in [3.05, 3.63) is 83.4 Å². The van der Waals surface area contributed by atoms with Crippen LogP contribution in [0.5, 0.6) is 0 Å². The molecule has 0 bridgehead atoms. The molecule has 0 N–H and O–H groups in total. The third-order valence-electron chi connectivity index (χ3n) is 6.03. The van der Waals surface area contributed by atoms with Crippen LogP contribution in [0.4, 0.5) is 0 Å². The second kappa shape index (κ2) is 8.68. The summed E-state index contributed by atoms with van der Waals surface area (Å²) in [5, 5.41) is 0. The molecule has 0 saturated heterocycles. The molecule has 1 atom stereocenters. The van der Waals surface area contributed by atoms with Gasteiger partial charge in [0.2, 0.25) is 0 Å². The second-order valence-corrected chi connectivity index (χ2v) is 8.85. The summed E-state index contributed by atoms with van der Waals surface area (Å²) in [5.41, 5.74) is 3.05. The number of hydrogen-bond donors (Lipinski definition) is 0. The lowest BCUT2D eigenvalue weighted by atomic mass is 9.67. The first kappa shape index (κ1) is 21.8. The molecule has 148 valence electrons. The molecule has 0 aromatic heterocycles. The first-order chi connectivity index (χ1) is 13.0. The molecule has 0 aliphatic heterocycles. The van der Waals surface area contributed by atoms with E-state index in [1.165, 1.54) is 0 Å². The van der Waals surface area contributed by atoms with E-state index in [-0.39, 0.29) is 17.0 Å². The summed E-state index contributed by atoms with van der Waals surface area (Å²) >= 11 is 0. The van der Waals surface area contributed by atoms with Crippen molar-refractivity contribution < 1.29 is 9.59 Å². The van der Waals surface area contributed by atoms with Crippen molar-refractivity contribution in [2.75, 3.05) is 0 Å². The van der Waals surface area contributed by atoms with E-state index in [1.807, 2.05) is 61.5 Å². The number of carbonyl (C=O) groups excluding carboxylic acids is 2. The lowest BCUT2D eigenvalue weighted by molar-refractivity contribution is -0.127. The molecular weight excluding hydrogens is 344 g/mol. The SMILES string of the molecule is C=C(C)C(C)(C)CC(C)(CCc1cccc(C(=O)c2ccccc2)c1)C(C)=O. The minimum absolute atomic E-state index is 0.0280. The van der Waals surface area contributed by atoms with Crippen molar-refractivity contribution in [2.24, 2.45) is 10.8 Å². The van der Waals surface area contributed by atoms with Crippen molar-refractivity contribution in [3.8, 4) is 0 Å². The number of allylic oxidation sites excluding steroid dienone is 1. The van der Waals surface area contributed by atoms with Crippen LogP contribution >= 0.6 is 0 Å². The fourth-order valence-corrected chi connectivity index (χ4v) is 3.56. The molecule has 2 rings (SSSR count). The molecule has 2 aromatic rings. The molecule has 0 radical (unpaired) electrons. The van der Waals surface area contributed by atoms with Gasteiger partial charge in [0.25, 0.3) is 0 Å². The molecule has 0 aliphatic rings. The summed E-state index contributed by atoms with van der Waals surface area (Å²) < 4.78 is 0. The zero-order valence-corrected chi connectivity index (χ0v) is 17.8. The number of benzene rings is 2. The first-order valence-corrected chi connectivity index (χ1v) is 9.91. The highest BCUT2D eigenvalue weighted by Gasteiger charge is 2.36. The molecule has 0 spiro atoms. The molecule has 0 saturated carbocycles. The largest absolute Gasteiger partial charge is 0.299 e. The minimum atomic E-state index is -0.415. The Balaban J connectivity index is 2.17. The summed E-state index contributed by atoms with van der Waals surface area (Å²) in [4.78, 5) is 25.2. The van der Waals surface area contributed by atoms with Gasteiger partial charge in [0.15, 0.2) is 5.78 Å². The lowest BCUT2D eigenvalue weighted by Crippen LogP contribution is -2.33. The summed E-state index contributed by atoms with van der Waals surface area (Å²) in [7, 11) is 0. The Bertz CT molecular complexity index is 861. The van der Waals surface area contributed by atoms with Crippen molar-refractivity contribution in [1.29, 1.82) is 0 Å². The van der Waals surface area contributed by atoms with Crippen LogP contribution in [0.1, 0.15) is 68.9 Å². The Morgan fingerprint density at radius 3 is 2.07 bits per heavy atom. The molecule has 0 amide bonds. The van der Waals surface area contributed by atoms with E-state index in [1.54, 1.807) is 6.92 Å². The van der Waals surface area contributed by atoms with Crippen molar-refractivity contribution >= 4 is 11.6 Å². The Hall–Kier alpha value is -2.48. The number of rotatable bonds is 9. The van der Waals surface area contributed by atoms with Gasteiger partial charge in [-0.3, -0.25) is 9.59 Å². The van der Waals surface area contributed by atoms with E-state index in [4.69, 9.17) is 0 Å². The van der Waals surface area contributed by atoms with Crippen LogP contribution in [-0.2, 0) is 11.2 Å². The van der Waals surface area contributed by atoms with Crippen LogP contribution < -0.4 is 0 Å². The van der Waals surface area contributed by atoms with Gasteiger partial charge in [0, 0.05) is 16.5 Å². The number of hydrogen-bond acceptors (Lipinski definition) is 2. The van der Waals surface area contributed by atoms with Gasteiger partial charge in [-0.15, -0.1) is 0 Å². The normalized spacial score (nSPS) is 13.6. The third kappa shape index (κ3) is 5.28. The van der Waals surface area contributed by atoms with Crippen molar-refractivity contribution in [2.45, 2.75) is 53.9 Å². The minimum Gasteiger partial charge on any atom is -0.299 e. The van der Waals surface area contributed by atoms with Crippen LogP contribution in [0, 0.1) is 10.8 Å². The summed E-state index contributed by atoms with van der Waals surface area (Å²) in [6.45, 7) is 14.2. The van der Waals surface area contributed by atoms with E-state index in [0.717, 1.165) is 30.4 Å². The summed E-state index contributed by atoms with van der Waals surface area (Å²) in [6, 6.07) is 17.1. The predicted octanol–water partition coefficient (Wildman–Crippen LogP) is 6.44. The quantitative estimate of drug-likeness (QED) is 0.373. The third-order valence-corrected chi connectivity index (χ3v) is 6.03. The molecule has 0 fully saturated rings. The molecule has 1 unspecified atom stereocenters. The average Bonchev–Trinajstić information content (AvgIpc) is 2.66. The van der Waals surface area contributed by atoms with Gasteiger partial charge in [-0.25, -0.2) is 0 Å². The fraction of sp³-hybridized carbons (Fsp3) is 0.385. The monoisotopic (exact) mass is 376 g/mol. The topological polar surface area (TPSA) is 34.1 Å². The zero-order chi connectivity index (χ0) is 20.9. The number of ketones is 2. The average molecular weight is 377 g/mol. The van der Waals surface area contributed by atoms with Crippen molar-refractivity contribution in [1.82, 2.24) is 0 Å². The lowest BCUT2D eigenvalue weighted by Gasteiger charge is -2.36. The highest BCUT2D eigenvalue weighted by Crippen LogP contribution is 2.41. The number of Topliss-reactive ketones (excluding diaryl/α,β-unsaturated/α-hetero) is 1. The maximum Gasteiger partial charge on any atom is 0.193 e. The maximum absolute atomic E-state index is 12.7. The molecule has 2 nitrogen and oxygen atoms in total. The molecule has 2 aromatic carbocycles. The summed E-state index contributed by atoms with van der Waals surface area (Å²) in [6.07, 6.45) is 2.29. The highest BCUT2D eigenvalue weighted by atomic mass is 16.1. The van der Waals surface area contributed by atoms with E-state index < -0.39 is 5.41 Å². The van der Waals surface area contributed by atoms with Gasteiger partial charge in [-0.05, 0) is 50.2 Å². The van der Waals surface area contributed by atoms with E-state index in [0.29, 0.717) is 11.1 Å². The smallest absolute Gasteiger partial charge is 0.193 e. The summed E-state index contributed by atoms with van der Waals surface area (Å²) in [5.74, 6) is 0.235. The van der Waals surface area contributed by atoms with E-state index in [9.17, 15) is 9.59 Å². The fourth-order valence-electron chi connectivity index (χ4n) is 3.56. The molecule has 0 heterocycles. The molecule has 28 heavy (non-hydrogen) atoms. The van der Waals surface area contributed by atoms with Crippen molar-refractivity contribution in [3.63, 3.8) is 0 Å². The molecule has 2 heteroatoms. The van der Waals surface area contributed by atoms with Crippen LogP contribution in [0.25, 0.3) is 0 Å². The van der Waals surface area contributed by atoms with Gasteiger partial charge < -0.3 is 0 Å². The van der Waals surface area contributed by atoms with Crippen LogP contribution in [-0.4, -0.2) is 11.6 Å². The second-order valence-electron chi connectivity index (χ2n) is 8.85. The Kier molecular flexibility index (Phi) is 6.77. The van der Waals surface area contributed by atoms with Gasteiger partial charge in [0.1, 0.15) is 5.78 Å². The van der Waals surface area contributed by atoms with Gasteiger partial charge in [-0.1, -0.05) is 81.5 Å². The van der Waals surface area contributed by atoms with Gasteiger partial charge >= 0.3 is 0 Å². The number of aryl methyl sites for hydroxylation is 1. The Morgan fingerprint density at radius 1 is 0.893 bits per heavy atom. The Labute approximate surface area is 169 Å². The standard InChI is InChI=1S/C26H32O2/c1-19(2)25(4,5)18-26(6,20(3)27)16-15-21-11-10-14-23(17-21)24(28)22-12-8-7-9-13-22/h7-14,17H,1,15-16,18H2,2-6H3. The van der Waals surface area contributed by atoms with E-state index in [2.05, 4.69) is 27.4 Å². The van der Waals surface area contributed by atoms with Gasteiger partial charge in [-0.2, -0.15) is 0 Å². The highest BCUT2D eigenvalue weighted by molar-refractivity contribution is 6.09. The maximum atomic E-state index is 12.7. The zero-order valence-electron chi connectivity index (χ0n) is 17.8. The van der Waals surface area contributed by atoms with E-state index >= 15 is 0 Å². The molecule has 0 aliphatic carbocycles. The predicted molar refractivity (Wildman–Crippen MR) is 117 cm³/mol. The number of carbonyl (C=O) groups is 2. The van der Waals surface area contributed by atoms with Crippen LogP contribution in [0.15, 0.2) is 66.7 Å². The van der Waals surface area contributed by atoms with Gasteiger partial charge in [0.05, 0.1) is 0 Å².